The SMILES string of the molecule is O=C(N/N=C/c1ccc(OCc2ccc(Br)cc2)c(Br)c1)C(c1ccccc1)c1ccccc1. The number of rotatable bonds is 8. The quantitative estimate of drug-likeness (QED) is 0.180. The van der Waals surface area contributed by atoms with Gasteiger partial charge in [-0.15, -0.1) is 0 Å². The van der Waals surface area contributed by atoms with Crippen LogP contribution in [0, 0.1) is 0 Å². The van der Waals surface area contributed by atoms with Gasteiger partial charge in [0.15, 0.2) is 0 Å². The summed E-state index contributed by atoms with van der Waals surface area (Å²) in [5.74, 6) is 0.0974. The predicted molar refractivity (Wildman–Crippen MR) is 143 cm³/mol. The molecular formula is C28H22Br2N2O2. The third kappa shape index (κ3) is 6.43. The smallest absolute Gasteiger partial charge is 0.252 e. The highest BCUT2D eigenvalue weighted by atomic mass is 79.9. The van der Waals surface area contributed by atoms with E-state index in [0.29, 0.717) is 6.61 Å². The van der Waals surface area contributed by atoms with Crippen molar-refractivity contribution in [3.8, 4) is 5.75 Å². The number of ether oxygens (including phenoxy) is 1. The van der Waals surface area contributed by atoms with Gasteiger partial charge in [0.05, 0.1) is 16.6 Å². The molecule has 0 fully saturated rings. The highest BCUT2D eigenvalue weighted by molar-refractivity contribution is 9.10. The number of halogens is 2. The molecule has 1 N–H and O–H groups in total. The highest BCUT2D eigenvalue weighted by Crippen LogP contribution is 2.27. The van der Waals surface area contributed by atoms with Crippen LogP contribution in [0.2, 0.25) is 0 Å². The summed E-state index contributed by atoms with van der Waals surface area (Å²) < 4.78 is 7.76. The van der Waals surface area contributed by atoms with E-state index >= 15 is 0 Å². The summed E-state index contributed by atoms with van der Waals surface area (Å²) >= 11 is 6.99. The molecule has 4 rings (SSSR count). The molecule has 4 nitrogen and oxygen atoms in total. The summed E-state index contributed by atoms with van der Waals surface area (Å²) in [4.78, 5) is 13.0. The molecule has 0 spiro atoms. The van der Waals surface area contributed by atoms with Crippen molar-refractivity contribution < 1.29 is 9.53 Å². The molecule has 4 aromatic rings. The van der Waals surface area contributed by atoms with Gasteiger partial charge in [-0.1, -0.05) is 88.7 Å². The number of carbonyl (C=O) groups excluding carboxylic acids is 1. The van der Waals surface area contributed by atoms with Crippen molar-refractivity contribution in [1.82, 2.24) is 5.43 Å². The molecule has 0 saturated heterocycles. The van der Waals surface area contributed by atoms with Gasteiger partial charge in [0.1, 0.15) is 12.4 Å². The molecule has 34 heavy (non-hydrogen) atoms. The number of amides is 1. The van der Waals surface area contributed by atoms with Crippen molar-refractivity contribution in [3.05, 3.63) is 134 Å². The van der Waals surface area contributed by atoms with E-state index in [4.69, 9.17) is 4.74 Å². The van der Waals surface area contributed by atoms with Gasteiger partial charge in [-0.3, -0.25) is 4.79 Å². The molecule has 0 heterocycles. The Balaban J connectivity index is 1.41. The number of hydrogen-bond acceptors (Lipinski definition) is 3. The number of benzene rings is 4. The van der Waals surface area contributed by atoms with E-state index in [1.165, 1.54) is 0 Å². The molecule has 0 aliphatic rings. The van der Waals surface area contributed by atoms with Gasteiger partial charge in [0.2, 0.25) is 0 Å². The van der Waals surface area contributed by atoms with Crippen molar-refractivity contribution in [2.45, 2.75) is 12.5 Å². The first-order valence-electron chi connectivity index (χ1n) is 10.7. The summed E-state index contributed by atoms with van der Waals surface area (Å²) in [6, 6.07) is 33.1. The van der Waals surface area contributed by atoms with E-state index < -0.39 is 5.92 Å². The van der Waals surface area contributed by atoms with E-state index in [2.05, 4.69) is 42.4 Å². The first kappa shape index (κ1) is 23.9. The summed E-state index contributed by atoms with van der Waals surface area (Å²) in [5.41, 5.74) is 6.43. The van der Waals surface area contributed by atoms with Crippen LogP contribution >= 0.6 is 31.9 Å². The molecule has 0 bridgehead atoms. The molecule has 4 aromatic carbocycles. The monoisotopic (exact) mass is 576 g/mol. The Kier molecular flexibility index (Phi) is 8.28. The van der Waals surface area contributed by atoms with Crippen LogP contribution in [0.4, 0.5) is 0 Å². The Labute approximate surface area is 215 Å². The molecule has 0 radical (unpaired) electrons. The van der Waals surface area contributed by atoms with Crippen LogP contribution in [0.5, 0.6) is 5.75 Å². The van der Waals surface area contributed by atoms with Gasteiger partial charge in [0, 0.05) is 4.47 Å². The van der Waals surface area contributed by atoms with E-state index in [9.17, 15) is 4.79 Å². The van der Waals surface area contributed by atoms with E-state index in [-0.39, 0.29) is 5.91 Å². The third-order valence-electron chi connectivity index (χ3n) is 5.18. The van der Waals surface area contributed by atoms with Crippen molar-refractivity contribution in [2.24, 2.45) is 5.10 Å². The lowest BCUT2D eigenvalue weighted by Gasteiger charge is -2.16. The average Bonchev–Trinajstić information content (AvgIpc) is 2.86. The first-order chi connectivity index (χ1) is 16.6. The first-order valence-corrected chi connectivity index (χ1v) is 12.3. The molecule has 6 heteroatoms. The Morgan fingerprint density at radius 1 is 0.853 bits per heavy atom. The highest BCUT2D eigenvalue weighted by Gasteiger charge is 2.22. The third-order valence-corrected chi connectivity index (χ3v) is 6.33. The zero-order valence-electron chi connectivity index (χ0n) is 18.2. The van der Waals surface area contributed by atoms with E-state index in [1.807, 2.05) is 103 Å². The number of nitrogens with zero attached hydrogens (tertiary/aromatic N) is 1. The van der Waals surface area contributed by atoms with Crippen LogP contribution in [0.1, 0.15) is 28.2 Å². The van der Waals surface area contributed by atoms with Gasteiger partial charge >= 0.3 is 0 Å². The van der Waals surface area contributed by atoms with Crippen molar-refractivity contribution >= 4 is 44.0 Å². The maximum atomic E-state index is 13.0. The standard InChI is InChI=1S/C28H22Br2N2O2/c29-24-14-11-20(12-15-24)19-34-26-16-13-21(17-25(26)30)18-31-32-28(33)27(22-7-3-1-4-8-22)23-9-5-2-6-10-23/h1-18,27H,19H2,(H,32,33)/b31-18+. The van der Waals surface area contributed by atoms with Crippen molar-refractivity contribution in [3.63, 3.8) is 0 Å². The van der Waals surface area contributed by atoms with E-state index in [1.54, 1.807) is 6.21 Å². The molecular weight excluding hydrogens is 556 g/mol. The molecule has 0 aliphatic carbocycles. The second-order valence-corrected chi connectivity index (χ2v) is 9.36. The molecule has 170 valence electrons. The predicted octanol–water partition coefficient (Wildman–Crippen LogP) is 7.07. The molecule has 1 amide bonds. The van der Waals surface area contributed by atoms with Crippen molar-refractivity contribution in [2.75, 3.05) is 0 Å². The molecule has 0 saturated carbocycles. The fourth-order valence-electron chi connectivity index (χ4n) is 3.48. The second-order valence-electron chi connectivity index (χ2n) is 7.59. The molecule has 0 unspecified atom stereocenters. The lowest BCUT2D eigenvalue weighted by Crippen LogP contribution is -2.26. The number of carbonyl (C=O) groups is 1. The van der Waals surface area contributed by atoms with Crippen LogP contribution in [0.15, 0.2) is 117 Å². The largest absolute Gasteiger partial charge is 0.488 e. The Morgan fingerprint density at radius 3 is 2.06 bits per heavy atom. The van der Waals surface area contributed by atoms with Gasteiger partial charge in [-0.2, -0.15) is 5.10 Å². The molecule has 0 atom stereocenters. The van der Waals surface area contributed by atoms with Crippen LogP contribution in [0.3, 0.4) is 0 Å². The Morgan fingerprint density at radius 2 is 1.47 bits per heavy atom. The van der Waals surface area contributed by atoms with E-state index in [0.717, 1.165) is 36.9 Å². The van der Waals surface area contributed by atoms with Gasteiger partial charge in [0.25, 0.3) is 5.91 Å². The minimum absolute atomic E-state index is 0.192. The van der Waals surface area contributed by atoms with Gasteiger partial charge < -0.3 is 4.74 Å². The van der Waals surface area contributed by atoms with Gasteiger partial charge in [-0.25, -0.2) is 5.43 Å². The molecule has 0 aromatic heterocycles. The minimum atomic E-state index is -0.444. The minimum Gasteiger partial charge on any atom is -0.488 e. The Hall–Kier alpha value is -3.22. The van der Waals surface area contributed by atoms with Crippen LogP contribution in [0.25, 0.3) is 0 Å². The van der Waals surface area contributed by atoms with Crippen LogP contribution in [-0.4, -0.2) is 12.1 Å². The van der Waals surface area contributed by atoms with Crippen LogP contribution in [-0.2, 0) is 11.4 Å². The zero-order chi connectivity index (χ0) is 23.8. The summed E-state index contributed by atoms with van der Waals surface area (Å²) in [6.07, 6.45) is 1.62. The average molecular weight is 578 g/mol. The lowest BCUT2D eigenvalue weighted by atomic mass is 9.91. The number of hydrazone groups is 1. The van der Waals surface area contributed by atoms with Crippen LogP contribution < -0.4 is 10.2 Å². The topological polar surface area (TPSA) is 50.7 Å². The zero-order valence-corrected chi connectivity index (χ0v) is 21.4. The fraction of sp³-hybridized carbons (Fsp3) is 0.0714. The summed E-state index contributed by atoms with van der Waals surface area (Å²) in [7, 11) is 0. The normalized spacial score (nSPS) is 11.0. The summed E-state index contributed by atoms with van der Waals surface area (Å²) in [5, 5.41) is 4.20. The number of hydrogen-bond donors (Lipinski definition) is 1. The molecule has 0 aliphatic heterocycles. The second kappa shape index (κ2) is 11.8. The summed E-state index contributed by atoms with van der Waals surface area (Å²) in [6.45, 7) is 0.468. The Bertz CT molecular complexity index is 1220. The maximum absolute atomic E-state index is 13.0. The maximum Gasteiger partial charge on any atom is 0.252 e. The van der Waals surface area contributed by atoms with Gasteiger partial charge in [-0.05, 0) is 68.5 Å². The lowest BCUT2D eigenvalue weighted by molar-refractivity contribution is -0.121. The fourth-order valence-corrected chi connectivity index (χ4v) is 4.25. The van der Waals surface area contributed by atoms with Crippen molar-refractivity contribution in [1.29, 1.82) is 0 Å². The number of nitrogens with one attached hydrogen (secondary N) is 1.